The van der Waals surface area contributed by atoms with E-state index in [0.29, 0.717) is 18.8 Å². The number of carbonyl (C=O) groups is 1. The minimum absolute atomic E-state index is 0.367. The quantitative estimate of drug-likeness (QED) is 0.772. The van der Waals surface area contributed by atoms with E-state index in [1.165, 1.54) is 13.8 Å². The van der Waals surface area contributed by atoms with Crippen molar-refractivity contribution in [2.24, 2.45) is 0 Å². The fraction of sp³-hybridized carbons (Fsp3) is 0.923. The van der Waals surface area contributed by atoms with Crippen molar-refractivity contribution in [3.63, 3.8) is 0 Å². The third-order valence-electron chi connectivity index (χ3n) is 4.53. The highest BCUT2D eigenvalue weighted by atomic mass is 32.2. The monoisotopic (exact) mass is 323 g/mol. The van der Waals surface area contributed by atoms with Gasteiger partial charge in [0, 0.05) is 35.9 Å². The van der Waals surface area contributed by atoms with Crippen molar-refractivity contribution >= 4 is 26.5 Å². The molecule has 118 valence electrons. The molecule has 0 N–H and O–H groups in total. The first kappa shape index (κ1) is 17.6. The van der Waals surface area contributed by atoms with Crippen LogP contribution in [-0.2, 0) is 25.4 Å². The van der Waals surface area contributed by atoms with Crippen LogP contribution in [0.2, 0.25) is 0 Å². The van der Waals surface area contributed by atoms with Gasteiger partial charge in [0.2, 0.25) is 5.91 Å². The highest BCUT2D eigenvalue weighted by molar-refractivity contribution is 7.92. The van der Waals surface area contributed by atoms with Crippen molar-refractivity contribution in [1.29, 1.82) is 0 Å². The van der Waals surface area contributed by atoms with Gasteiger partial charge in [0.25, 0.3) is 0 Å². The van der Waals surface area contributed by atoms with Crippen LogP contribution in [0.15, 0.2) is 0 Å². The lowest BCUT2D eigenvalue weighted by molar-refractivity contribution is -0.133. The maximum Gasteiger partial charge on any atom is 0.243 e. The summed E-state index contributed by atoms with van der Waals surface area (Å²) in [6, 6.07) is 0. The second kappa shape index (κ2) is 5.75. The Morgan fingerprint density at radius 1 is 1.30 bits per heavy atom. The Balaban J connectivity index is 3.06. The molecule has 1 amide bonds. The summed E-state index contributed by atoms with van der Waals surface area (Å²) >= 11 is 0. The van der Waals surface area contributed by atoms with E-state index in [2.05, 4.69) is 0 Å². The maximum atomic E-state index is 12.5. The SMILES string of the molecule is CCC1(CC)CN(C(=O)C(C)(C)S(C)(=O)=O)CCS1=O. The van der Waals surface area contributed by atoms with E-state index in [4.69, 9.17) is 0 Å². The van der Waals surface area contributed by atoms with Gasteiger partial charge in [-0.15, -0.1) is 0 Å². The van der Waals surface area contributed by atoms with Gasteiger partial charge in [-0.2, -0.15) is 0 Å². The van der Waals surface area contributed by atoms with Gasteiger partial charge in [0.05, 0.1) is 4.75 Å². The maximum absolute atomic E-state index is 12.5. The van der Waals surface area contributed by atoms with Crippen molar-refractivity contribution in [1.82, 2.24) is 4.90 Å². The van der Waals surface area contributed by atoms with E-state index in [1.54, 1.807) is 4.90 Å². The number of sulfone groups is 1. The molecule has 1 heterocycles. The van der Waals surface area contributed by atoms with Crippen LogP contribution >= 0.6 is 0 Å². The smallest absolute Gasteiger partial charge is 0.243 e. The Kier molecular flexibility index (Phi) is 5.07. The third-order valence-corrected chi connectivity index (χ3v) is 8.78. The summed E-state index contributed by atoms with van der Waals surface area (Å²) in [4.78, 5) is 14.1. The van der Waals surface area contributed by atoms with Gasteiger partial charge in [-0.05, 0) is 26.7 Å². The number of hydrogen-bond acceptors (Lipinski definition) is 4. The molecule has 1 aliphatic heterocycles. The van der Waals surface area contributed by atoms with Gasteiger partial charge in [-0.3, -0.25) is 9.00 Å². The first-order valence-corrected chi connectivity index (χ1v) is 10.1. The normalized spacial score (nSPS) is 23.6. The van der Waals surface area contributed by atoms with E-state index in [-0.39, 0.29) is 5.91 Å². The third kappa shape index (κ3) is 2.93. The Morgan fingerprint density at radius 2 is 1.80 bits per heavy atom. The van der Waals surface area contributed by atoms with Crippen LogP contribution in [0.3, 0.4) is 0 Å². The molecule has 0 saturated carbocycles. The molecule has 1 atom stereocenters. The molecule has 0 radical (unpaired) electrons. The fourth-order valence-corrected chi connectivity index (χ4v) is 4.63. The minimum Gasteiger partial charge on any atom is -0.339 e. The number of carbonyl (C=O) groups excluding carboxylic acids is 1. The lowest BCUT2D eigenvalue weighted by atomic mass is 10.00. The first-order chi connectivity index (χ1) is 9.02. The average molecular weight is 323 g/mol. The summed E-state index contributed by atoms with van der Waals surface area (Å²) in [5, 5.41) is 0. The molecule has 1 unspecified atom stereocenters. The minimum atomic E-state index is -3.48. The van der Waals surface area contributed by atoms with Crippen LogP contribution in [0.25, 0.3) is 0 Å². The molecule has 20 heavy (non-hydrogen) atoms. The molecule has 0 aliphatic carbocycles. The first-order valence-electron chi connectivity index (χ1n) is 6.89. The zero-order valence-corrected chi connectivity index (χ0v) is 14.6. The lowest BCUT2D eigenvalue weighted by Gasteiger charge is -2.43. The van der Waals surface area contributed by atoms with Gasteiger partial charge in [-0.1, -0.05) is 13.8 Å². The molecule has 7 heteroatoms. The largest absolute Gasteiger partial charge is 0.339 e. The molecular weight excluding hydrogens is 298 g/mol. The molecule has 1 fully saturated rings. The fourth-order valence-electron chi connectivity index (χ4n) is 2.42. The van der Waals surface area contributed by atoms with Crippen LogP contribution in [-0.4, -0.2) is 58.0 Å². The Bertz CT molecular complexity index is 506. The topological polar surface area (TPSA) is 71.5 Å². The van der Waals surface area contributed by atoms with Gasteiger partial charge >= 0.3 is 0 Å². The van der Waals surface area contributed by atoms with Crippen LogP contribution < -0.4 is 0 Å². The number of rotatable bonds is 4. The van der Waals surface area contributed by atoms with Crippen LogP contribution in [0.1, 0.15) is 40.5 Å². The molecule has 0 bridgehead atoms. The van der Waals surface area contributed by atoms with Crippen molar-refractivity contribution < 1.29 is 17.4 Å². The van der Waals surface area contributed by atoms with Crippen molar-refractivity contribution in [2.45, 2.75) is 50.0 Å². The summed E-state index contributed by atoms with van der Waals surface area (Å²) < 4.78 is 34.0. The zero-order valence-electron chi connectivity index (χ0n) is 12.9. The number of nitrogens with zero attached hydrogens (tertiary/aromatic N) is 1. The summed E-state index contributed by atoms with van der Waals surface area (Å²) in [6.07, 6.45) is 2.53. The Morgan fingerprint density at radius 3 is 2.20 bits per heavy atom. The molecule has 0 aromatic heterocycles. The zero-order chi connectivity index (χ0) is 15.8. The van der Waals surface area contributed by atoms with E-state index >= 15 is 0 Å². The van der Waals surface area contributed by atoms with E-state index in [0.717, 1.165) is 19.1 Å². The highest BCUT2D eigenvalue weighted by Gasteiger charge is 2.46. The average Bonchev–Trinajstić information content (AvgIpc) is 2.37. The van der Waals surface area contributed by atoms with Gasteiger partial charge < -0.3 is 4.90 Å². The summed E-state index contributed by atoms with van der Waals surface area (Å²) in [5.41, 5.74) is 0. The van der Waals surface area contributed by atoms with Gasteiger partial charge in [-0.25, -0.2) is 8.42 Å². The second-order valence-corrected chi connectivity index (χ2v) is 10.5. The van der Waals surface area contributed by atoms with Crippen molar-refractivity contribution in [3.05, 3.63) is 0 Å². The standard InChI is InChI=1S/C13H25NO4S2/c1-6-13(7-2)10-14(8-9-19(13)16)11(15)12(3,4)20(5,17)18/h6-10H2,1-5H3. The molecule has 0 aromatic rings. The number of hydrogen-bond donors (Lipinski definition) is 0. The Labute approximate surface area is 124 Å². The highest BCUT2D eigenvalue weighted by Crippen LogP contribution is 2.30. The summed E-state index contributed by atoms with van der Waals surface area (Å²) in [5.74, 6) is 0.0377. The van der Waals surface area contributed by atoms with Crippen molar-refractivity contribution in [2.75, 3.05) is 25.1 Å². The molecule has 5 nitrogen and oxygen atoms in total. The second-order valence-electron chi connectivity index (χ2n) is 5.95. The van der Waals surface area contributed by atoms with Crippen molar-refractivity contribution in [3.8, 4) is 0 Å². The van der Waals surface area contributed by atoms with Gasteiger partial charge in [0.15, 0.2) is 9.84 Å². The molecular formula is C13H25NO4S2. The molecule has 1 rings (SSSR count). The molecule has 1 aliphatic rings. The van der Waals surface area contributed by atoms with E-state index in [1.807, 2.05) is 13.8 Å². The van der Waals surface area contributed by atoms with E-state index in [9.17, 15) is 17.4 Å². The Hall–Kier alpha value is -0.430. The van der Waals surface area contributed by atoms with Crippen LogP contribution in [0, 0.1) is 0 Å². The lowest BCUT2D eigenvalue weighted by Crippen LogP contribution is -2.59. The molecule has 1 saturated heterocycles. The summed E-state index contributed by atoms with van der Waals surface area (Å²) in [7, 11) is -4.45. The molecule has 0 spiro atoms. The predicted molar refractivity (Wildman–Crippen MR) is 81.8 cm³/mol. The molecule has 0 aromatic carbocycles. The van der Waals surface area contributed by atoms with Crippen LogP contribution in [0.5, 0.6) is 0 Å². The van der Waals surface area contributed by atoms with E-state index < -0.39 is 30.1 Å². The summed E-state index contributed by atoms with van der Waals surface area (Å²) in [6.45, 7) is 7.57. The van der Waals surface area contributed by atoms with Crippen LogP contribution in [0.4, 0.5) is 0 Å². The van der Waals surface area contributed by atoms with Gasteiger partial charge in [0.1, 0.15) is 4.75 Å². The number of amides is 1. The predicted octanol–water partition coefficient (Wildman–Crippen LogP) is 0.959.